The molecule has 0 bridgehead atoms. The van der Waals surface area contributed by atoms with E-state index >= 15 is 0 Å². The molecular formula is C14H20BrNS. The highest BCUT2D eigenvalue weighted by molar-refractivity contribution is 9.10. The Bertz CT molecular complexity index is 377. The number of hydrogen-bond acceptors (Lipinski definition) is 2. The van der Waals surface area contributed by atoms with E-state index in [0.29, 0.717) is 0 Å². The molecule has 1 aromatic rings. The Hall–Kier alpha value is -0.120. The SMILES string of the molecule is CNCC(=Cc1cc(Br)cs1)C1CCCCC1. The first-order valence-corrected chi connectivity index (χ1v) is 8.06. The van der Waals surface area contributed by atoms with Gasteiger partial charge in [0, 0.05) is 21.3 Å². The third-order valence-corrected chi connectivity index (χ3v) is 5.07. The average Bonchev–Trinajstić information content (AvgIpc) is 2.75. The molecule has 2 rings (SSSR count). The Morgan fingerprint density at radius 1 is 1.47 bits per heavy atom. The molecule has 1 aliphatic carbocycles. The van der Waals surface area contributed by atoms with Gasteiger partial charge in [0.15, 0.2) is 0 Å². The number of likely N-dealkylation sites (N-methyl/N-ethyl adjacent to an activating group) is 1. The fourth-order valence-corrected chi connectivity index (χ4v) is 3.99. The lowest BCUT2D eigenvalue weighted by molar-refractivity contribution is 0.398. The van der Waals surface area contributed by atoms with Gasteiger partial charge in [0.2, 0.25) is 0 Å². The van der Waals surface area contributed by atoms with E-state index in [0.717, 1.165) is 12.5 Å². The summed E-state index contributed by atoms with van der Waals surface area (Å²) in [5, 5.41) is 5.47. The van der Waals surface area contributed by atoms with Crippen LogP contribution in [0.4, 0.5) is 0 Å². The van der Waals surface area contributed by atoms with E-state index in [-0.39, 0.29) is 0 Å². The molecule has 3 heteroatoms. The summed E-state index contributed by atoms with van der Waals surface area (Å²) in [5.74, 6) is 0.803. The van der Waals surface area contributed by atoms with Gasteiger partial charge < -0.3 is 5.32 Å². The highest BCUT2D eigenvalue weighted by Crippen LogP contribution is 2.32. The van der Waals surface area contributed by atoms with Crippen LogP contribution in [0.3, 0.4) is 0 Å². The van der Waals surface area contributed by atoms with Crippen LogP contribution in [0.1, 0.15) is 37.0 Å². The van der Waals surface area contributed by atoms with E-state index in [1.807, 2.05) is 18.4 Å². The van der Waals surface area contributed by atoms with Crippen LogP contribution in [0.25, 0.3) is 6.08 Å². The lowest BCUT2D eigenvalue weighted by atomic mass is 9.83. The van der Waals surface area contributed by atoms with Crippen LogP contribution in [-0.2, 0) is 0 Å². The highest BCUT2D eigenvalue weighted by atomic mass is 79.9. The standard InChI is InChI=1S/C14H20BrNS/c1-16-9-12(11-5-3-2-4-6-11)7-14-8-13(15)10-17-14/h7-8,10-11,16H,2-6,9H2,1H3. The zero-order valence-corrected chi connectivity index (χ0v) is 12.7. The fraction of sp³-hybridized carbons (Fsp3) is 0.571. The molecule has 0 amide bonds. The summed E-state index contributed by atoms with van der Waals surface area (Å²) >= 11 is 5.34. The monoisotopic (exact) mass is 313 g/mol. The van der Waals surface area contributed by atoms with E-state index in [2.05, 4.69) is 38.8 Å². The third kappa shape index (κ3) is 3.94. The molecule has 1 saturated carbocycles. The molecule has 0 saturated heterocycles. The van der Waals surface area contributed by atoms with Crippen LogP contribution < -0.4 is 5.32 Å². The number of rotatable bonds is 4. The van der Waals surface area contributed by atoms with Crippen molar-refractivity contribution in [3.63, 3.8) is 0 Å². The Morgan fingerprint density at radius 2 is 2.24 bits per heavy atom. The smallest absolute Gasteiger partial charge is 0.0288 e. The summed E-state index contributed by atoms with van der Waals surface area (Å²) in [6.07, 6.45) is 9.37. The maximum absolute atomic E-state index is 3.52. The Balaban J connectivity index is 2.12. The normalized spacial score (nSPS) is 18.6. The number of thiophene rings is 1. The minimum atomic E-state index is 0.803. The summed E-state index contributed by atoms with van der Waals surface area (Å²) < 4.78 is 1.20. The van der Waals surface area contributed by atoms with Crippen LogP contribution in [-0.4, -0.2) is 13.6 Å². The lowest BCUT2D eigenvalue weighted by Crippen LogP contribution is -2.18. The maximum Gasteiger partial charge on any atom is 0.0288 e. The first-order chi connectivity index (χ1) is 8.29. The predicted octanol–water partition coefficient (Wildman–Crippen LogP) is 4.69. The highest BCUT2D eigenvalue weighted by Gasteiger charge is 2.17. The van der Waals surface area contributed by atoms with Crippen LogP contribution in [0.2, 0.25) is 0 Å². The van der Waals surface area contributed by atoms with Gasteiger partial charge in [-0.2, -0.15) is 0 Å². The van der Waals surface area contributed by atoms with Crippen molar-refractivity contribution in [1.29, 1.82) is 0 Å². The molecule has 0 spiro atoms. The van der Waals surface area contributed by atoms with Crippen molar-refractivity contribution >= 4 is 33.3 Å². The van der Waals surface area contributed by atoms with Crippen LogP contribution in [0.15, 0.2) is 21.5 Å². The summed E-state index contributed by atoms with van der Waals surface area (Å²) in [5.41, 5.74) is 1.58. The summed E-state index contributed by atoms with van der Waals surface area (Å²) in [7, 11) is 2.04. The van der Waals surface area contributed by atoms with Crippen molar-refractivity contribution in [2.75, 3.05) is 13.6 Å². The van der Waals surface area contributed by atoms with E-state index < -0.39 is 0 Å². The molecule has 1 aliphatic rings. The zero-order chi connectivity index (χ0) is 12.1. The molecule has 1 aromatic heterocycles. The maximum atomic E-state index is 3.52. The second-order valence-corrected chi connectivity index (χ2v) is 6.61. The van der Waals surface area contributed by atoms with Gasteiger partial charge in [-0.25, -0.2) is 0 Å². The van der Waals surface area contributed by atoms with Crippen molar-refractivity contribution in [3.8, 4) is 0 Å². The van der Waals surface area contributed by atoms with Gasteiger partial charge in [-0.3, -0.25) is 0 Å². The summed E-state index contributed by atoms with van der Waals surface area (Å²) in [6.45, 7) is 1.03. The van der Waals surface area contributed by atoms with Crippen LogP contribution in [0.5, 0.6) is 0 Å². The van der Waals surface area contributed by atoms with Crippen molar-refractivity contribution in [3.05, 3.63) is 26.4 Å². The molecule has 0 aromatic carbocycles. The molecule has 1 fully saturated rings. The van der Waals surface area contributed by atoms with E-state index in [1.54, 1.807) is 5.57 Å². The van der Waals surface area contributed by atoms with Crippen molar-refractivity contribution in [1.82, 2.24) is 5.32 Å². The van der Waals surface area contributed by atoms with Gasteiger partial charge in [-0.15, -0.1) is 11.3 Å². The van der Waals surface area contributed by atoms with Gasteiger partial charge in [0.1, 0.15) is 0 Å². The summed E-state index contributed by atoms with van der Waals surface area (Å²) in [6, 6.07) is 2.21. The molecule has 1 N–H and O–H groups in total. The Morgan fingerprint density at radius 3 is 2.82 bits per heavy atom. The fourth-order valence-electron chi connectivity index (χ4n) is 2.58. The zero-order valence-electron chi connectivity index (χ0n) is 10.3. The van der Waals surface area contributed by atoms with Gasteiger partial charge in [0.05, 0.1) is 0 Å². The van der Waals surface area contributed by atoms with Crippen LogP contribution in [0, 0.1) is 5.92 Å². The van der Waals surface area contributed by atoms with Gasteiger partial charge in [-0.05, 0) is 53.9 Å². The first kappa shape index (κ1) is 13.3. The average molecular weight is 314 g/mol. The van der Waals surface area contributed by atoms with E-state index in [9.17, 15) is 0 Å². The molecule has 17 heavy (non-hydrogen) atoms. The van der Waals surface area contributed by atoms with E-state index in [4.69, 9.17) is 0 Å². The third-order valence-electron chi connectivity index (χ3n) is 3.43. The van der Waals surface area contributed by atoms with Crippen molar-refractivity contribution in [2.24, 2.45) is 5.92 Å². The number of nitrogens with one attached hydrogen (secondary N) is 1. The predicted molar refractivity (Wildman–Crippen MR) is 80.5 cm³/mol. The van der Waals surface area contributed by atoms with E-state index in [1.165, 1.54) is 41.5 Å². The second-order valence-electron chi connectivity index (χ2n) is 4.75. The lowest BCUT2D eigenvalue weighted by Gasteiger charge is -2.24. The second kappa shape index (κ2) is 6.72. The summed E-state index contributed by atoms with van der Waals surface area (Å²) in [4.78, 5) is 1.37. The first-order valence-electron chi connectivity index (χ1n) is 6.38. The molecule has 1 nitrogen and oxygen atoms in total. The van der Waals surface area contributed by atoms with Crippen LogP contribution >= 0.6 is 27.3 Å². The minimum Gasteiger partial charge on any atom is -0.316 e. The minimum absolute atomic E-state index is 0.803. The molecule has 0 unspecified atom stereocenters. The van der Waals surface area contributed by atoms with Gasteiger partial charge >= 0.3 is 0 Å². The van der Waals surface area contributed by atoms with Gasteiger partial charge in [-0.1, -0.05) is 24.8 Å². The molecule has 0 radical (unpaired) electrons. The molecule has 94 valence electrons. The molecular weight excluding hydrogens is 294 g/mol. The Labute approximate surface area is 116 Å². The van der Waals surface area contributed by atoms with Gasteiger partial charge in [0.25, 0.3) is 0 Å². The topological polar surface area (TPSA) is 12.0 Å². The molecule has 0 atom stereocenters. The number of hydrogen-bond donors (Lipinski definition) is 1. The number of halogens is 1. The Kier molecular flexibility index (Phi) is 5.26. The quantitative estimate of drug-likeness (QED) is 0.850. The van der Waals surface area contributed by atoms with Crippen molar-refractivity contribution < 1.29 is 0 Å². The molecule has 1 heterocycles. The van der Waals surface area contributed by atoms with Crippen molar-refractivity contribution in [2.45, 2.75) is 32.1 Å². The largest absolute Gasteiger partial charge is 0.316 e. The molecule has 0 aliphatic heterocycles.